The molecule has 0 saturated carbocycles. The Morgan fingerprint density at radius 2 is 1.45 bits per heavy atom. The predicted molar refractivity (Wildman–Crippen MR) is 121 cm³/mol. The fraction of sp³-hybridized carbons (Fsp3) is 0.400. The van der Waals surface area contributed by atoms with Crippen molar-refractivity contribution in [1.82, 2.24) is 0 Å². The van der Waals surface area contributed by atoms with Gasteiger partial charge in [-0.2, -0.15) is 0 Å². The molecule has 4 N–H and O–H groups in total. The highest BCUT2D eigenvalue weighted by molar-refractivity contribution is 5.87. The molecule has 0 aliphatic rings. The summed E-state index contributed by atoms with van der Waals surface area (Å²) >= 11 is 0. The molecule has 0 aliphatic heterocycles. The first kappa shape index (κ1) is 22.5. The maximum absolute atomic E-state index is 13.2. The summed E-state index contributed by atoms with van der Waals surface area (Å²) < 4.78 is 5.93. The Kier molecular flexibility index (Phi) is 7.45. The zero-order valence-electron chi connectivity index (χ0n) is 17.9. The van der Waals surface area contributed by atoms with Crippen LogP contribution in [0.1, 0.15) is 63.9 Å². The smallest absolute Gasteiger partial charge is 0.200 e. The zero-order chi connectivity index (χ0) is 22.4. The lowest BCUT2D eigenvalue weighted by atomic mass is 9.98. The molecule has 0 aliphatic carbocycles. The summed E-state index contributed by atoms with van der Waals surface area (Å²) in [6, 6.07) is 6.61. The van der Waals surface area contributed by atoms with Gasteiger partial charge in [0.2, 0.25) is 0 Å². The minimum atomic E-state index is -0.357. The Labute approximate surface area is 181 Å². The van der Waals surface area contributed by atoms with Gasteiger partial charge in [0.15, 0.2) is 16.9 Å². The van der Waals surface area contributed by atoms with E-state index >= 15 is 0 Å². The molecule has 6 heteroatoms. The Morgan fingerprint density at radius 1 is 0.774 bits per heavy atom. The molecule has 0 radical (unpaired) electrons. The van der Waals surface area contributed by atoms with E-state index in [9.17, 15) is 25.2 Å². The second-order valence-corrected chi connectivity index (χ2v) is 8.01. The number of phenols is 4. The number of hydrogen-bond donors (Lipinski definition) is 4. The van der Waals surface area contributed by atoms with E-state index < -0.39 is 0 Å². The van der Waals surface area contributed by atoms with E-state index in [1.807, 2.05) is 0 Å². The summed E-state index contributed by atoms with van der Waals surface area (Å²) in [5.41, 5.74) is 0.547. The van der Waals surface area contributed by atoms with Crippen molar-refractivity contribution in [3.05, 3.63) is 46.1 Å². The van der Waals surface area contributed by atoms with Crippen molar-refractivity contribution in [2.75, 3.05) is 0 Å². The van der Waals surface area contributed by atoms with Gasteiger partial charge >= 0.3 is 0 Å². The van der Waals surface area contributed by atoms with E-state index in [0.717, 1.165) is 25.3 Å². The van der Waals surface area contributed by atoms with Gasteiger partial charge in [-0.3, -0.25) is 4.79 Å². The molecule has 6 nitrogen and oxygen atoms in total. The first-order chi connectivity index (χ1) is 14.9. The van der Waals surface area contributed by atoms with E-state index in [2.05, 4.69) is 6.92 Å². The van der Waals surface area contributed by atoms with Gasteiger partial charge in [-0.15, -0.1) is 0 Å². The van der Waals surface area contributed by atoms with Gasteiger partial charge in [0.25, 0.3) is 0 Å². The van der Waals surface area contributed by atoms with Crippen LogP contribution in [0.4, 0.5) is 0 Å². The first-order valence-corrected chi connectivity index (χ1v) is 11.0. The minimum Gasteiger partial charge on any atom is -0.508 e. The molecule has 2 aromatic carbocycles. The Balaban J connectivity index is 1.91. The SMILES string of the molecule is CCCCCCCCCCc1c(-c2ccc(O)c(O)c2)oc2cc(O)cc(O)c2c1=O. The second-order valence-electron chi connectivity index (χ2n) is 8.01. The second kappa shape index (κ2) is 10.2. The molecule has 0 bridgehead atoms. The van der Waals surface area contributed by atoms with Gasteiger partial charge in [0.1, 0.15) is 28.2 Å². The Hall–Kier alpha value is -3.15. The number of unbranched alkanes of at least 4 members (excludes halogenated alkanes) is 7. The molecule has 0 amide bonds. The third-order valence-corrected chi connectivity index (χ3v) is 5.57. The molecular weight excluding hydrogens is 396 g/mol. The monoisotopic (exact) mass is 426 g/mol. The average molecular weight is 427 g/mol. The quantitative estimate of drug-likeness (QED) is 0.235. The van der Waals surface area contributed by atoms with Crippen molar-refractivity contribution in [3.8, 4) is 34.3 Å². The normalized spacial score (nSPS) is 11.3. The summed E-state index contributed by atoms with van der Waals surface area (Å²) in [6.45, 7) is 2.19. The van der Waals surface area contributed by atoms with Crippen LogP contribution in [0.5, 0.6) is 23.0 Å². The highest BCUT2D eigenvalue weighted by Gasteiger charge is 2.19. The fourth-order valence-corrected chi connectivity index (χ4v) is 3.88. The number of rotatable bonds is 10. The lowest BCUT2D eigenvalue weighted by Crippen LogP contribution is -2.11. The third kappa shape index (κ3) is 5.32. The topological polar surface area (TPSA) is 111 Å². The van der Waals surface area contributed by atoms with Gasteiger partial charge in [0, 0.05) is 23.3 Å². The summed E-state index contributed by atoms with van der Waals surface area (Å²) in [4.78, 5) is 13.2. The van der Waals surface area contributed by atoms with Gasteiger partial charge in [-0.1, -0.05) is 51.9 Å². The molecule has 1 heterocycles. The van der Waals surface area contributed by atoms with E-state index in [-0.39, 0.29) is 45.2 Å². The number of phenolic OH excluding ortho intramolecular Hbond substituents is 4. The van der Waals surface area contributed by atoms with Gasteiger partial charge in [0.05, 0.1) is 0 Å². The Morgan fingerprint density at radius 3 is 2.13 bits per heavy atom. The Bertz CT molecular complexity index is 1100. The molecular formula is C25H30O6. The highest BCUT2D eigenvalue weighted by atomic mass is 16.3. The van der Waals surface area contributed by atoms with Crippen LogP contribution in [-0.4, -0.2) is 20.4 Å². The van der Waals surface area contributed by atoms with Crippen molar-refractivity contribution in [3.63, 3.8) is 0 Å². The minimum absolute atomic E-state index is 0.0270. The lowest BCUT2D eigenvalue weighted by Gasteiger charge is -2.12. The van der Waals surface area contributed by atoms with Crippen LogP contribution >= 0.6 is 0 Å². The van der Waals surface area contributed by atoms with Gasteiger partial charge in [-0.05, 0) is 31.0 Å². The van der Waals surface area contributed by atoms with Crippen LogP contribution in [0.25, 0.3) is 22.3 Å². The van der Waals surface area contributed by atoms with Gasteiger partial charge in [-0.25, -0.2) is 0 Å². The standard InChI is InChI=1S/C25H30O6/c1-2-3-4-5-6-7-8-9-10-18-24(30)23-21(29)14-17(26)15-22(23)31-25(18)16-11-12-19(27)20(28)13-16/h11-15,26-29H,2-10H2,1H3. The number of fused-ring (bicyclic) bond motifs is 1. The fourth-order valence-electron chi connectivity index (χ4n) is 3.88. The zero-order valence-corrected chi connectivity index (χ0v) is 17.9. The summed E-state index contributed by atoms with van der Waals surface area (Å²) in [5, 5.41) is 39.6. The van der Waals surface area contributed by atoms with Crippen molar-refractivity contribution in [1.29, 1.82) is 0 Å². The van der Waals surface area contributed by atoms with E-state index in [1.54, 1.807) is 6.07 Å². The molecule has 0 atom stereocenters. The average Bonchev–Trinajstić information content (AvgIpc) is 2.72. The molecule has 0 saturated heterocycles. The molecule has 166 valence electrons. The maximum Gasteiger partial charge on any atom is 0.200 e. The van der Waals surface area contributed by atoms with Crippen LogP contribution in [0.15, 0.2) is 39.5 Å². The molecule has 3 rings (SSSR count). The van der Waals surface area contributed by atoms with Gasteiger partial charge < -0.3 is 24.8 Å². The maximum atomic E-state index is 13.2. The van der Waals surface area contributed by atoms with Crippen molar-refractivity contribution >= 4 is 11.0 Å². The van der Waals surface area contributed by atoms with Crippen LogP contribution in [0.2, 0.25) is 0 Å². The van der Waals surface area contributed by atoms with Crippen molar-refractivity contribution in [2.24, 2.45) is 0 Å². The number of hydrogen-bond acceptors (Lipinski definition) is 6. The molecule has 0 spiro atoms. The summed E-state index contributed by atoms with van der Waals surface area (Å²) in [7, 11) is 0. The predicted octanol–water partition coefficient (Wildman–Crippen LogP) is 5.97. The third-order valence-electron chi connectivity index (χ3n) is 5.57. The highest BCUT2D eigenvalue weighted by Crippen LogP contribution is 2.36. The van der Waals surface area contributed by atoms with Crippen LogP contribution < -0.4 is 5.43 Å². The number of benzene rings is 2. The van der Waals surface area contributed by atoms with Crippen molar-refractivity contribution in [2.45, 2.75) is 64.7 Å². The molecule has 0 fully saturated rings. The lowest BCUT2D eigenvalue weighted by molar-refractivity contribution is 0.404. The molecule has 0 unspecified atom stereocenters. The van der Waals surface area contributed by atoms with Crippen LogP contribution in [0, 0.1) is 0 Å². The van der Waals surface area contributed by atoms with Crippen LogP contribution in [0.3, 0.4) is 0 Å². The largest absolute Gasteiger partial charge is 0.508 e. The van der Waals surface area contributed by atoms with E-state index in [1.165, 1.54) is 50.3 Å². The molecule has 1 aromatic heterocycles. The summed E-state index contributed by atoms with van der Waals surface area (Å²) in [6.07, 6.45) is 9.46. The van der Waals surface area contributed by atoms with Crippen molar-refractivity contribution < 1.29 is 24.8 Å². The molecule has 3 aromatic rings. The van der Waals surface area contributed by atoms with E-state index in [0.29, 0.717) is 17.5 Å². The first-order valence-electron chi connectivity index (χ1n) is 11.0. The molecule has 31 heavy (non-hydrogen) atoms. The van der Waals surface area contributed by atoms with E-state index in [4.69, 9.17) is 4.42 Å². The van der Waals surface area contributed by atoms with Crippen LogP contribution in [-0.2, 0) is 6.42 Å². The summed E-state index contributed by atoms with van der Waals surface area (Å²) in [5.74, 6) is -0.880. The number of aromatic hydroxyl groups is 4.